The number of carbonyl (C=O) groups is 2. The second-order valence-corrected chi connectivity index (χ2v) is 4.03. The molecule has 0 bridgehead atoms. The number of amides is 1. The Morgan fingerprint density at radius 3 is 2.67 bits per heavy atom. The van der Waals surface area contributed by atoms with E-state index in [0.29, 0.717) is 0 Å². The highest BCUT2D eigenvalue weighted by atomic mass is 35.5. The van der Waals surface area contributed by atoms with Crippen molar-refractivity contribution in [1.82, 2.24) is 0 Å². The van der Waals surface area contributed by atoms with E-state index in [1.807, 2.05) is 0 Å². The number of carboxylic acid groups (broad SMARTS) is 1. The average Bonchev–Trinajstić information content (AvgIpc) is 2.28. The van der Waals surface area contributed by atoms with Gasteiger partial charge in [-0.05, 0) is 12.1 Å². The molecule has 0 saturated heterocycles. The number of carboxylic acids is 1. The Morgan fingerprint density at radius 2 is 2.11 bits per heavy atom. The molecule has 1 amide bonds. The molecular weight excluding hydrogens is 260 g/mol. The van der Waals surface area contributed by atoms with Gasteiger partial charge in [-0.25, -0.2) is 4.79 Å². The summed E-state index contributed by atoms with van der Waals surface area (Å²) in [6, 6.07) is 5.83. The Kier molecular flexibility index (Phi) is 2.88. The van der Waals surface area contributed by atoms with E-state index in [2.05, 4.69) is 10.2 Å². The Morgan fingerprint density at radius 1 is 1.39 bits per heavy atom. The van der Waals surface area contributed by atoms with Crippen LogP contribution in [0.1, 0.15) is 5.56 Å². The minimum atomic E-state index is -2.11. The van der Waals surface area contributed by atoms with Crippen molar-refractivity contribution < 1.29 is 19.8 Å². The van der Waals surface area contributed by atoms with E-state index in [0.717, 1.165) is 6.08 Å². The summed E-state index contributed by atoms with van der Waals surface area (Å²) in [6.07, 6.45) is 0.724. The molecule has 1 aromatic rings. The normalized spacial score (nSPS) is 22.7. The van der Waals surface area contributed by atoms with E-state index < -0.39 is 23.2 Å². The van der Waals surface area contributed by atoms with E-state index in [9.17, 15) is 19.8 Å². The summed E-state index contributed by atoms with van der Waals surface area (Å²) in [7, 11) is 0. The molecule has 92 valence electrons. The molecule has 0 saturated carbocycles. The summed E-state index contributed by atoms with van der Waals surface area (Å²) < 4.78 is 0. The van der Waals surface area contributed by atoms with Crippen LogP contribution >= 0.6 is 11.6 Å². The monoisotopic (exact) mass is 266 g/mol. The van der Waals surface area contributed by atoms with Gasteiger partial charge in [-0.3, -0.25) is 4.79 Å². The zero-order valence-electron chi connectivity index (χ0n) is 8.87. The first-order valence-electron chi connectivity index (χ1n) is 4.84. The molecule has 1 unspecified atom stereocenters. The minimum Gasteiger partial charge on any atom is -0.508 e. The lowest BCUT2D eigenvalue weighted by atomic mass is 9.88. The van der Waals surface area contributed by atoms with Crippen molar-refractivity contribution in [3.63, 3.8) is 0 Å². The number of aliphatic hydroxyl groups excluding tert-OH is 1. The van der Waals surface area contributed by atoms with Gasteiger partial charge in [0.15, 0.2) is 0 Å². The largest absolute Gasteiger partial charge is 0.508 e. The van der Waals surface area contributed by atoms with Crippen LogP contribution in [-0.4, -0.2) is 22.1 Å². The van der Waals surface area contributed by atoms with E-state index in [4.69, 9.17) is 11.6 Å². The molecule has 1 aliphatic heterocycles. The number of hydrogen-bond donors (Lipinski definition) is 2. The van der Waals surface area contributed by atoms with Gasteiger partial charge in [0.2, 0.25) is 0 Å². The van der Waals surface area contributed by atoms with Gasteiger partial charge >= 0.3 is 5.97 Å². The number of rotatable bonds is 2. The smallest absolute Gasteiger partial charge is 0.346 e. The molecule has 1 atom stereocenters. The van der Waals surface area contributed by atoms with Crippen molar-refractivity contribution in [3.8, 4) is 0 Å². The van der Waals surface area contributed by atoms with Gasteiger partial charge in [-0.2, -0.15) is 5.11 Å². The second-order valence-electron chi connectivity index (χ2n) is 3.59. The molecular formula is C11H7ClN2O4. The summed E-state index contributed by atoms with van der Waals surface area (Å²) >= 11 is 5.77. The number of carbonyl (C=O) groups excluding carboxylic acids is 1. The van der Waals surface area contributed by atoms with Crippen LogP contribution in [0.25, 0.3) is 0 Å². The third-order valence-corrected chi connectivity index (χ3v) is 2.72. The van der Waals surface area contributed by atoms with Crippen molar-refractivity contribution in [2.24, 2.45) is 10.2 Å². The molecule has 0 aromatic heterocycles. The standard InChI is InChI=1S/C11H7ClN2O4/c12-7-3-1-2-6(4-7)11(10(17)18)8(15)5-9(16)13-14-11/h1-5,15H,(H,17,18). The Labute approximate surface area is 106 Å². The SMILES string of the molecule is O=C1C=C(O)C(C(=O)O)(c2cccc(Cl)c2)N=N1. The molecule has 0 radical (unpaired) electrons. The molecule has 0 spiro atoms. The number of nitrogens with zero attached hydrogens (tertiary/aromatic N) is 2. The predicted octanol–water partition coefficient (Wildman–Crippen LogP) is 2.05. The average molecular weight is 267 g/mol. The van der Waals surface area contributed by atoms with Crippen molar-refractivity contribution >= 4 is 23.5 Å². The van der Waals surface area contributed by atoms with Gasteiger partial charge in [0.05, 0.1) is 0 Å². The summed E-state index contributed by atoms with van der Waals surface area (Å²) in [6.45, 7) is 0. The number of aliphatic hydroxyl groups is 1. The topological polar surface area (TPSA) is 99.3 Å². The zero-order chi connectivity index (χ0) is 13.3. The van der Waals surface area contributed by atoms with Gasteiger partial charge < -0.3 is 10.2 Å². The van der Waals surface area contributed by atoms with Crippen molar-refractivity contribution in [2.45, 2.75) is 5.54 Å². The predicted molar refractivity (Wildman–Crippen MR) is 61.3 cm³/mol. The lowest BCUT2D eigenvalue weighted by Crippen LogP contribution is -2.37. The first-order valence-corrected chi connectivity index (χ1v) is 5.22. The summed E-state index contributed by atoms with van der Waals surface area (Å²) in [4.78, 5) is 22.4. The van der Waals surface area contributed by atoms with Crippen LogP contribution in [0.4, 0.5) is 0 Å². The van der Waals surface area contributed by atoms with Gasteiger partial charge in [-0.1, -0.05) is 23.7 Å². The highest BCUT2D eigenvalue weighted by molar-refractivity contribution is 6.30. The number of halogens is 1. The third kappa shape index (κ3) is 1.76. The van der Waals surface area contributed by atoms with Gasteiger partial charge in [0, 0.05) is 16.7 Å². The number of hydrogen-bond acceptors (Lipinski definition) is 4. The third-order valence-electron chi connectivity index (χ3n) is 2.48. The maximum Gasteiger partial charge on any atom is 0.346 e. The van der Waals surface area contributed by atoms with Gasteiger partial charge in [0.25, 0.3) is 11.4 Å². The molecule has 6 nitrogen and oxygen atoms in total. The highest BCUT2D eigenvalue weighted by Gasteiger charge is 2.48. The minimum absolute atomic E-state index is 0.118. The lowest BCUT2D eigenvalue weighted by molar-refractivity contribution is -0.143. The molecule has 2 rings (SSSR count). The van der Waals surface area contributed by atoms with Crippen molar-refractivity contribution in [1.29, 1.82) is 0 Å². The molecule has 18 heavy (non-hydrogen) atoms. The summed E-state index contributed by atoms with van der Waals surface area (Å²) in [5.74, 6) is -2.96. The fourth-order valence-corrected chi connectivity index (χ4v) is 1.81. The quantitative estimate of drug-likeness (QED) is 0.855. The van der Waals surface area contributed by atoms with Crippen LogP contribution in [0.3, 0.4) is 0 Å². The van der Waals surface area contributed by atoms with E-state index in [1.54, 1.807) is 6.07 Å². The summed E-state index contributed by atoms with van der Waals surface area (Å²) in [5, 5.41) is 26.0. The fourth-order valence-electron chi connectivity index (χ4n) is 1.62. The van der Waals surface area contributed by atoms with Gasteiger partial charge in [-0.15, -0.1) is 5.11 Å². The summed E-state index contributed by atoms with van der Waals surface area (Å²) in [5.41, 5.74) is -1.99. The van der Waals surface area contributed by atoms with Crippen LogP contribution < -0.4 is 0 Å². The van der Waals surface area contributed by atoms with Gasteiger partial charge in [0.1, 0.15) is 5.76 Å². The molecule has 1 aromatic carbocycles. The van der Waals surface area contributed by atoms with E-state index >= 15 is 0 Å². The maximum atomic E-state index is 11.4. The Balaban J connectivity index is 2.67. The molecule has 0 fully saturated rings. The molecule has 7 heteroatoms. The first-order chi connectivity index (χ1) is 8.46. The second kappa shape index (κ2) is 4.23. The molecule has 1 heterocycles. The highest BCUT2D eigenvalue weighted by Crippen LogP contribution is 2.36. The Hall–Kier alpha value is -2.21. The van der Waals surface area contributed by atoms with Crippen LogP contribution in [0.2, 0.25) is 5.02 Å². The maximum absolute atomic E-state index is 11.4. The number of azo groups is 1. The first kappa shape index (κ1) is 12.3. The zero-order valence-corrected chi connectivity index (χ0v) is 9.63. The van der Waals surface area contributed by atoms with Crippen LogP contribution in [0.15, 0.2) is 46.3 Å². The van der Waals surface area contributed by atoms with Crippen molar-refractivity contribution in [2.75, 3.05) is 0 Å². The number of aliphatic carboxylic acids is 1. The fraction of sp³-hybridized carbons (Fsp3) is 0.0909. The van der Waals surface area contributed by atoms with E-state index in [1.165, 1.54) is 18.2 Å². The molecule has 1 aliphatic rings. The molecule has 2 N–H and O–H groups in total. The van der Waals surface area contributed by atoms with Crippen LogP contribution in [0, 0.1) is 0 Å². The Bertz CT molecular complexity index is 596. The van der Waals surface area contributed by atoms with Crippen LogP contribution in [-0.2, 0) is 15.1 Å². The molecule has 0 aliphatic carbocycles. The number of benzene rings is 1. The van der Waals surface area contributed by atoms with Crippen molar-refractivity contribution in [3.05, 3.63) is 46.7 Å². The van der Waals surface area contributed by atoms with Crippen LogP contribution in [0.5, 0.6) is 0 Å². The lowest BCUT2D eigenvalue weighted by Gasteiger charge is -2.25. The van der Waals surface area contributed by atoms with E-state index in [-0.39, 0.29) is 10.6 Å².